The van der Waals surface area contributed by atoms with Crippen molar-refractivity contribution in [2.45, 2.75) is 13.2 Å². The Hall–Kier alpha value is -2.94. The number of fused-ring (bicyclic) bond motifs is 1. The van der Waals surface area contributed by atoms with Gasteiger partial charge in [-0.15, -0.1) is 0 Å². The molecule has 0 bridgehead atoms. The third kappa shape index (κ3) is 4.80. The number of hydrogen-bond acceptors (Lipinski definition) is 6. The van der Waals surface area contributed by atoms with Gasteiger partial charge in [0.15, 0.2) is 11.5 Å². The fourth-order valence-corrected chi connectivity index (χ4v) is 5.06. The lowest BCUT2D eigenvalue weighted by atomic mass is 10.1. The van der Waals surface area contributed by atoms with E-state index in [0.29, 0.717) is 39.3 Å². The van der Waals surface area contributed by atoms with Gasteiger partial charge in [-0.2, -0.15) is 0 Å². The van der Waals surface area contributed by atoms with Crippen molar-refractivity contribution in [1.82, 2.24) is 4.90 Å². The Balaban J connectivity index is 1.29. The number of thioether (sulfide) groups is 1. The van der Waals surface area contributed by atoms with Gasteiger partial charge in [-0.3, -0.25) is 14.5 Å². The maximum Gasteiger partial charge on any atom is 0.293 e. The predicted molar refractivity (Wildman–Crippen MR) is 134 cm³/mol. The molecule has 2 amide bonds. The highest BCUT2D eigenvalue weighted by Crippen LogP contribution is 2.39. The summed E-state index contributed by atoms with van der Waals surface area (Å²) in [7, 11) is 0. The summed E-state index contributed by atoms with van der Waals surface area (Å²) >= 11 is 10.7. The standard InChI is InChI=1S/C25H17BrClNO5S/c26-18-8-16(6-7-20(18)31-13-15-4-2-1-3-5-15)9-23-24(29)28(25(30)34-23)12-17-10-21-22(11-19(17)27)33-14-32-21/h1-11H,12-14H2/b23-9+. The summed E-state index contributed by atoms with van der Waals surface area (Å²) in [5, 5.41) is 0.0502. The zero-order valence-electron chi connectivity index (χ0n) is 17.6. The van der Waals surface area contributed by atoms with E-state index in [2.05, 4.69) is 15.9 Å². The SMILES string of the molecule is O=C1S/C(=C/c2ccc(OCc3ccccc3)c(Br)c2)C(=O)N1Cc1cc2c(cc1Cl)OCO2. The monoisotopic (exact) mass is 557 g/mol. The van der Waals surface area contributed by atoms with Crippen molar-refractivity contribution in [2.24, 2.45) is 0 Å². The molecule has 0 N–H and O–H groups in total. The second-order valence-corrected chi connectivity index (χ2v) is 9.78. The number of rotatable bonds is 6. The first kappa shape index (κ1) is 22.8. The third-order valence-corrected chi connectivity index (χ3v) is 7.11. The quantitative estimate of drug-likeness (QED) is 0.316. The summed E-state index contributed by atoms with van der Waals surface area (Å²) in [6.45, 7) is 0.610. The number of amides is 2. The molecule has 0 atom stereocenters. The summed E-state index contributed by atoms with van der Waals surface area (Å²) in [5.41, 5.74) is 2.44. The molecule has 172 valence electrons. The van der Waals surface area contributed by atoms with Crippen molar-refractivity contribution in [2.75, 3.05) is 6.79 Å². The van der Waals surface area contributed by atoms with Crippen molar-refractivity contribution in [1.29, 1.82) is 0 Å². The van der Waals surface area contributed by atoms with E-state index in [-0.39, 0.29) is 24.5 Å². The Bertz CT molecular complexity index is 1310. The molecule has 1 saturated heterocycles. The molecular weight excluding hydrogens is 542 g/mol. The van der Waals surface area contributed by atoms with Crippen LogP contribution >= 0.6 is 39.3 Å². The lowest BCUT2D eigenvalue weighted by Gasteiger charge is -2.14. The summed E-state index contributed by atoms with van der Waals surface area (Å²) < 4.78 is 17.3. The van der Waals surface area contributed by atoms with Crippen molar-refractivity contribution in [3.8, 4) is 17.2 Å². The zero-order valence-corrected chi connectivity index (χ0v) is 20.8. The van der Waals surface area contributed by atoms with Crippen LogP contribution in [0.3, 0.4) is 0 Å². The molecule has 5 rings (SSSR count). The van der Waals surface area contributed by atoms with Crippen LogP contribution in [0.1, 0.15) is 16.7 Å². The first-order valence-corrected chi connectivity index (χ1v) is 12.3. The van der Waals surface area contributed by atoms with E-state index in [1.807, 2.05) is 48.5 Å². The Morgan fingerprint density at radius 3 is 2.59 bits per heavy atom. The molecule has 0 aliphatic carbocycles. The van der Waals surface area contributed by atoms with Crippen molar-refractivity contribution < 1.29 is 23.8 Å². The molecule has 0 aromatic heterocycles. The summed E-state index contributed by atoms with van der Waals surface area (Å²) in [6.07, 6.45) is 1.69. The van der Waals surface area contributed by atoms with Gasteiger partial charge in [0.25, 0.3) is 11.1 Å². The number of nitrogens with zero attached hydrogens (tertiary/aromatic N) is 1. The minimum Gasteiger partial charge on any atom is -0.488 e. The molecule has 6 nitrogen and oxygen atoms in total. The van der Waals surface area contributed by atoms with Gasteiger partial charge in [-0.05, 0) is 68.7 Å². The molecule has 9 heteroatoms. The van der Waals surface area contributed by atoms with Gasteiger partial charge < -0.3 is 14.2 Å². The molecule has 0 radical (unpaired) electrons. The maximum absolute atomic E-state index is 13.0. The van der Waals surface area contributed by atoms with E-state index in [9.17, 15) is 9.59 Å². The van der Waals surface area contributed by atoms with Gasteiger partial charge in [0.1, 0.15) is 12.4 Å². The number of carbonyl (C=O) groups excluding carboxylic acids is 2. The van der Waals surface area contributed by atoms with E-state index in [0.717, 1.165) is 27.4 Å². The van der Waals surface area contributed by atoms with Crippen LogP contribution < -0.4 is 14.2 Å². The molecule has 3 aromatic rings. The summed E-state index contributed by atoms with van der Waals surface area (Å²) in [4.78, 5) is 27.0. The number of hydrogen-bond donors (Lipinski definition) is 0. The van der Waals surface area contributed by atoms with Crippen molar-refractivity contribution in [3.05, 3.63) is 91.8 Å². The second-order valence-electron chi connectivity index (χ2n) is 7.53. The minimum absolute atomic E-state index is 0.0490. The molecule has 3 aromatic carbocycles. The molecule has 2 aliphatic rings. The lowest BCUT2D eigenvalue weighted by Crippen LogP contribution is -2.27. The van der Waals surface area contributed by atoms with Crippen LogP contribution in [0.2, 0.25) is 5.02 Å². The number of ether oxygens (including phenoxy) is 3. The topological polar surface area (TPSA) is 65.1 Å². The molecule has 2 heterocycles. The third-order valence-electron chi connectivity index (χ3n) is 5.23. The predicted octanol–water partition coefficient (Wildman–Crippen LogP) is 6.65. The Kier molecular flexibility index (Phi) is 6.54. The number of carbonyl (C=O) groups is 2. The van der Waals surface area contributed by atoms with Crippen LogP contribution in [-0.2, 0) is 17.9 Å². The second kappa shape index (κ2) is 9.74. The fraction of sp³-hybridized carbons (Fsp3) is 0.120. The van der Waals surface area contributed by atoms with Gasteiger partial charge in [0.05, 0.1) is 15.9 Å². The number of imide groups is 1. The summed E-state index contributed by atoms with van der Waals surface area (Å²) in [5.74, 6) is 1.40. The molecule has 2 aliphatic heterocycles. The first-order chi connectivity index (χ1) is 16.5. The highest BCUT2D eigenvalue weighted by molar-refractivity contribution is 9.10. The van der Waals surface area contributed by atoms with E-state index >= 15 is 0 Å². The molecule has 34 heavy (non-hydrogen) atoms. The van der Waals surface area contributed by atoms with Gasteiger partial charge >= 0.3 is 0 Å². The number of benzene rings is 3. The maximum atomic E-state index is 13.0. The van der Waals surface area contributed by atoms with E-state index in [4.69, 9.17) is 25.8 Å². The van der Waals surface area contributed by atoms with Gasteiger partial charge in [-0.25, -0.2) is 0 Å². The Morgan fingerprint density at radius 2 is 1.82 bits per heavy atom. The largest absolute Gasteiger partial charge is 0.488 e. The minimum atomic E-state index is -0.371. The van der Waals surface area contributed by atoms with Crippen molar-refractivity contribution in [3.63, 3.8) is 0 Å². The Morgan fingerprint density at radius 1 is 1.06 bits per heavy atom. The molecular formula is C25H17BrClNO5S. The van der Waals surface area contributed by atoms with Crippen LogP contribution in [-0.4, -0.2) is 22.8 Å². The smallest absolute Gasteiger partial charge is 0.293 e. The zero-order chi connectivity index (χ0) is 23.7. The van der Waals surface area contributed by atoms with E-state index in [1.165, 1.54) is 4.90 Å². The lowest BCUT2D eigenvalue weighted by molar-refractivity contribution is -0.123. The number of halogens is 2. The molecule has 0 spiro atoms. The highest BCUT2D eigenvalue weighted by atomic mass is 79.9. The van der Waals surface area contributed by atoms with Crippen LogP contribution in [0.5, 0.6) is 17.2 Å². The van der Waals surface area contributed by atoms with Gasteiger partial charge in [0, 0.05) is 11.1 Å². The van der Waals surface area contributed by atoms with Crippen LogP contribution in [0.25, 0.3) is 6.08 Å². The van der Waals surface area contributed by atoms with E-state index < -0.39 is 0 Å². The van der Waals surface area contributed by atoms with Crippen molar-refractivity contribution >= 4 is 56.5 Å². The highest BCUT2D eigenvalue weighted by Gasteiger charge is 2.35. The molecule has 1 fully saturated rings. The first-order valence-electron chi connectivity index (χ1n) is 10.3. The molecule has 0 saturated carbocycles. The van der Waals surface area contributed by atoms with Crippen LogP contribution in [0.15, 0.2) is 70.0 Å². The fourth-order valence-electron chi connectivity index (χ4n) is 3.50. The average Bonchev–Trinajstić information content (AvgIpc) is 3.38. The van der Waals surface area contributed by atoms with Gasteiger partial charge in [0.2, 0.25) is 6.79 Å². The normalized spacial score (nSPS) is 15.9. The van der Waals surface area contributed by atoms with Gasteiger partial charge in [-0.1, -0.05) is 48.0 Å². The molecule has 0 unspecified atom stereocenters. The van der Waals surface area contributed by atoms with E-state index in [1.54, 1.807) is 18.2 Å². The Labute approximate surface area is 213 Å². The van der Waals surface area contributed by atoms with Crippen LogP contribution in [0, 0.1) is 0 Å². The van der Waals surface area contributed by atoms with Crippen LogP contribution in [0.4, 0.5) is 4.79 Å². The average molecular weight is 559 g/mol. The summed E-state index contributed by atoms with van der Waals surface area (Å²) in [6, 6.07) is 18.7.